The summed E-state index contributed by atoms with van der Waals surface area (Å²) < 4.78 is 0. The molecule has 12 heteroatoms. The Morgan fingerprint density at radius 2 is 1.89 bits per heavy atom. The van der Waals surface area contributed by atoms with Gasteiger partial charge in [0.25, 0.3) is 0 Å². The van der Waals surface area contributed by atoms with Crippen LogP contribution in [0.3, 0.4) is 0 Å². The van der Waals surface area contributed by atoms with Crippen molar-refractivity contribution in [2.45, 2.75) is 43.8 Å². The van der Waals surface area contributed by atoms with Gasteiger partial charge < -0.3 is 32.1 Å². The smallest absolute Gasteiger partial charge is 0.326 e. The van der Waals surface area contributed by atoms with Gasteiger partial charge in [0.2, 0.25) is 23.6 Å². The number of nitrogens with two attached hydrogens (primary N) is 2. The van der Waals surface area contributed by atoms with Gasteiger partial charge in [-0.15, -0.1) is 0 Å². The fourth-order valence-corrected chi connectivity index (χ4v) is 3.39. The molecule has 3 unspecified atom stereocenters. The predicted octanol–water partition coefficient (Wildman–Crippen LogP) is -2.38. The first-order valence-corrected chi connectivity index (χ1v) is 10.2. The van der Waals surface area contributed by atoms with Crippen LogP contribution in [0.2, 0.25) is 0 Å². The molecule has 0 aromatic carbocycles. The van der Waals surface area contributed by atoms with E-state index in [0.717, 1.165) is 0 Å². The Morgan fingerprint density at radius 3 is 2.43 bits per heavy atom. The number of nitrogens with one attached hydrogen (secondary N) is 2. The quantitative estimate of drug-likeness (QED) is 0.246. The first-order chi connectivity index (χ1) is 13.2. The molecule has 0 aliphatic carbocycles. The number of hydrogen-bond acceptors (Lipinski definition) is 7. The maximum atomic E-state index is 12.8. The van der Waals surface area contributed by atoms with Crippen LogP contribution in [0.4, 0.5) is 0 Å². The van der Waals surface area contributed by atoms with Crippen molar-refractivity contribution in [3.05, 3.63) is 0 Å². The van der Waals surface area contributed by atoms with E-state index in [9.17, 15) is 29.1 Å². The Balaban J connectivity index is 2.88. The Labute approximate surface area is 166 Å². The molecule has 4 amide bonds. The van der Waals surface area contributed by atoms with Crippen LogP contribution in [0, 0.1) is 0 Å². The third-order valence-corrected chi connectivity index (χ3v) is 4.93. The van der Waals surface area contributed by atoms with E-state index in [-0.39, 0.29) is 19.5 Å². The topological polar surface area (TPSA) is 185 Å². The van der Waals surface area contributed by atoms with Gasteiger partial charge in [-0.3, -0.25) is 19.2 Å². The lowest BCUT2D eigenvalue weighted by Crippen LogP contribution is -2.56. The molecule has 1 aliphatic heterocycles. The van der Waals surface area contributed by atoms with Crippen molar-refractivity contribution in [2.75, 3.05) is 25.1 Å². The molecule has 0 aromatic heterocycles. The van der Waals surface area contributed by atoms with Gasteiger partial charge in [0.1, 0.15) is 18.1 Å². The highest BCUT2D eigenvalue weighted by Crippen LogP contribution is 2.20. The monoisotopic (exact) mass is 417 g/mol. The normalized spacial score (nSPS) is 18.2. The zero-order chi connectivity index (χ0) is 21.3. The second kappa shape index (κ2) is 11.5. The van der Waals surface area contributed by atoms with Crippen molar-refractivity contribution < 1.29 is 29.1 Å². The lowest BCUT2D eigenvalue weighted by molar-refractivity contribution is -0.145. The Kier molecular flexibility index (Phi) is 9.73. The number of likely N-dealkylation sites (tertiary alicyclic amines) is 1. The van der Waals surface area contributed by atoms with Crippen LogP contribution in [0.1, 0.15) is 25.7 Å². The van der Waals surface area contributed by atoms with Gasteiger partial charge in [0, 0.05) is 6.54 Å². The van der Waals surface area contributed by atoms with Gasteiger partial charge >= 0.3 is 5.97 Å². The second-order valence-electron chi connectivity index (χ2n) is 6.37. The molecule has 0 aromatic rings. The van der Waals surface area contributed by atoms with Crippen molar-refractivity contribution in [3.8, 4) is 0 Å². The number of carboxylic acid groups (broad SMARTS) is 1. The average Bonchev–Trinajstić information content (AvgIpc) is 3.12. The minimum absolute atomic E-state index is 0.243. The number of thioether (sulfide) groups is 1. The van der Waals surface area contributed by atoms with Crippen LogP contribution < -0.4 is 22.1 Å². The fourth-order valence-electron chi connectivity index (χ4n) is 2.92. The molecular formula is C16H27N5O6S. The highest BCUT2D eigenvalue weighted by atomic mass is 32.2. The predicted molar refractivity (Wildman–Crippen MR) is 102 cm³/mol. The minimum Gasteiger partial charge on any atom is -0.480 e. The Bertz CT molecular complexity index is 616. The van der Waals surface area contributed by atoms with Crippen LogP contribution in [-0.4, -0.2) is 82.8 Å². The van der Waals surface area contributed by atoms with Gasteiger partial charge in [0.05, 0.1) is 13.0 Å². The number of hydrogen-bond donors (Lipinski definition) is 5. The van der Waals surface area contributed by atoms with Gasteiger partial charge in [-0.1, -0.05) is 0 Å². The summed E-state index contributed by atoms with van der Waals surface area (Å²) in [6.45, 7) is -0.130. The summed E-state index contributed by atoms with van der Waals surface area (Å²) >= 11 is 1.46. The third-order valence-electron chi connectivity index (χ3n) is 4.29. The van der Waals surface area contributed by atoms with E-state index < -0.39 is 54.1 Å². The van der Waals surface area contributed by atoms with E-state index in [2.05, 4.69) is 10.6 Å². The molecule has 1 heterocycles. The molecule has 0 radical (unpaired) electrons. The number of carbonyl (C=O) groups excluding carboxylic acids is 4. The van der Waals surface area contributed by atoms with E-state index in [1.165, 1.54) is 16.7 Å². The molecule has 28 heavy (non-hydrogen) atoms. The molecule has 158 valence electrons. The van der Waals surface area contributed by atoms with Crippen LogP contribution in [0.25, 0.3) is 0 Å². The van der Waals surface area contributed by atoms with E-state index in [4.69, 9.17) is 11.5 Å². The SMILES string of the molecule is CSCCC(NC(=O)C1CCCN1C(=O)C(CC(N)=O)NC(=O)CN)C(=O)O. The number of nitrogens with zero attached hydrogens (tertiary/aromatic N) is 1. The number of carbonyl (C=O) groups is 5. The highest BCUT2D eigenvalue weighted by molar-refractivity contribution is 7.98. The lowest BCUT2D eigenvalue weighted by atomic mass is 10.1. The zero-order valence-corrected chi connectivity index (χ0v) is 16.5. The molecule has 1 saturated heterocycles. The lowest BCUT2D eigenvalue weighted by Gasteiger charge is -2.29. The summed E-state index contributed by atoms with van der Waals surface area (Å²) in [5.41, 5.74) is 10.4. The third kappa shape index (κ3) is 7.00. The van der Waals surface area contributed by atoms with Crippen molar-refractivity contribution in [2.24, 2.45) is 11.5 Å². The van der Waals surface area contributed by atoms with E-state index in [0.29, 0.717) is 18.6 Å². The summed E-state index contributed by atoms with van der Waals surface area (Å²) in [6, 6.07) is -3.17. The summed E-state index contributed by atoms with van der Waals surface area (Å²) in [6.07, 6.45) is 2.52. The summed E-state index contributed by atoms with van der Waals surface area (Å²) in [5.74, 6) is -3.24. The van der Waals surface area contributed by atoms with Gasteiger partial charge in [-0.05, 0) is 31.3 Å². The minimum atomic E-state index is -1.23. The molecule has 1 aliphatic rings. The number of amides is 4. The molecule has 3 atom stereocenters. The summed E-state index contributed by atoms with van der Waals surface area (Å²) in [5, 5.41) is 14.1. The summed E-state index contributed by atoms with van der Waals surface area (Å²) in [4.78, 5) is 60.8. The van der Waals surface area contributed by atoms with Crippen molar-refractivity contribution in [1.29, 1.82) is 0 Å². The number of rotatable bonds is 11. The highest BCUT2D eigenvalue weighted by Gasteiger charge is 2.39. The van der Waals surface area contributed by atoms with Gasteiger partial charge in [-0.2, -0.15) is 11.8 Å². The van der Waals surface area contributed by atoms with E-state index in [1.807, 2.05) is 6.26 Å². The van der Waals surface area contributed by atoms with E-state index in [1.54, 1.807) is 0 Å². The molecule has 11 nitrogen and oxygen atoms in total. The van der Waals surface area contributed by atoms with Crippen molar-refractivity contribution >= 4 is 41.4 Å². The number of primary amides is 1. The second-order valence-corrected chi connectivity index (χ2v) is 7.35. The van der Waals surface area contributed by atoms with Crippen LogP contribution in [-0.2, 0) is 24.0 Å². The first kappa shape index (κ1) is 23.7. The molecule has 7 N–H and O–H groups in total. The van der Waals surface area contributed by atoms with Gasteiger partial charge in [-0.25, -0.2) is 4.79 Å². The van der Waals surface area contributed by atoms with Crippen molar-refractivity contribution in [1.82, 2.24) is 15.5 Å². The molecule has 1 fully saturated rings. The number of aliphatic carboxylic acids is 1. The Hall–Kier alpha value is -2.34. The molecule has 0 spiro atoms. The van der Waals surface area contributed by atoms with Crippen molar-refractivity contribution in [3.63, 3.8) is 0 Å². The Morgan fingerprint density at radius 1 is 1.21 bits per heavy atom. The van der Waals surface area contributed by atoms with E-state index >= 15 is 0 Å². The van der Waals surface area contributed by atoms with Crippen LogP contribution in [0.15, 0.2) is 0 Å². The molecule has 0 saturated carbocycles. The fraction of sp³-hybridized carbons (Fsp3) is 0.688. The summed E-state index contributed by atoms with van der Waals surface area (Å²) in [7, 11) is 0. The average molecular weight is 417 g/mol. The maximum Gasteiger partial charge on any atom is 0.326 e. The molecule has 1 rings (SSSR count). The standard InChI is InChI=1S/C16H27N5O6S/c1-28-6-4-9(16(26)27)20-14(24)11-3-2-5-21(11)15(25)10(7-12(18)22)19-13(23)8-17/h9-11H,2-8,17H2,1H3,(H2,18,22)(H,19,23)(H,20,24)(H,26,27). The molecule has 0 bridgehead atoms. The zero-order valence-electron chi connectivity index (χ0n) is 15.7. The first-order valence-electron chi connectivity index (χ1n) is 8.81. The maximum absolute atomic E-state index is 12.8. The van der Waals surface area contributed by atoms with Gasteiger partial charge in [0.15, 0.2) is 0 Å². The number of carboxylic acids is 1. The van der Waals surface area contributed by atoms with Crippen LogP contribution in [0.5, 0.6) is 0 Å². The molecular weight excluding hydrogens is 390 g/mol. The largest absolute Gasteiger partial charge is 0.480 e. The van der Waals surface area contributed by atoms with Crippen LogP contribution >= 0.6 is 11.8 Å².